The summed E-state index contributed by atoms with van der Waals surface area (Å²) in [6.07, 6.45) is -2.26. The number of imidazole rings is 1. The van der Waals surface area contributed by atoms with Gasteiger partial charge in [-0.3, -0.25) is 28.5 Å². The summed E-state index contributed by atoms with van der Waals surface area (Å²) < 4.78 is 42.1. The summed E-state index contributed by atoms with van der Waals surface area (Å²) in [7, 11) is 1.40. The van der Waals surface area contributed by atoms with E-state index in [0.717, 1.165) is 26.7 Å². The highest BCUT2D eigenvalue weighted by Crippen LogP contribution is 2.33. The maximum atomic E-state index is 13.0. The van der Waals surface area contributed by atoms with E-state index in [-0.39, 0.29) is 22.5 Å². The molecule has 0 fully saturated rings. The van der Waals surface area contributed by atoms with Gasteiger partial charge in [0.25, 0.3) is 5.56 Å². The standard InChI is InChI=1S/C22H20F3N7O4S/c1-10-5-13(6-26-16(10)22(23,24)25)19-29-14(8-37-19)28-18(34)12(3)32-9-27-17-15(32)20(35)31(7-11(2)33)21(36)30(17)4/h5-6,8-9,12H,7H2,1-4H3,(H,28,34). The number of halogens is 3. The number of hydrogen-bond acceptors (Lipinski definition) is 8. The highest BCUT2D eigenvalue weighted by Gasteiger charge is 2.34. The van der Waals surface area contributed by atoms with E-state index in [1.54, 1.807) is 0 Å². The van der Waals surface area contributed by atoms with Crippen molar-refractivity contribution in [3.8, 4) is 10.6 Å². The molecule has 0 saturated heterocycles. The highest BCUT2D eigenvalue weighted by atomic mass is 32.1. The van der Waals surface area contributed by atoms with Crippen molar-refractivity contribution in [2.45, 2.75) is 39.5 Å². The van der Waals surface area contributed by atoms with Gasteiger partial charge < -0.3 is 9.88 Å². The number of pyridine rings is 1. The zero-order valence-corrected chi connectivity index (χ0v) is 20.8. The Kier molecular flexibility index (Phi) is 6.58. The molecule has 4 aromatic rings. The van der Waals surface area contributed by atoms with Gasteiger partial charge in [0.2, 0.25) is 5.91 Å². The number of aromatic nitrogens is 6. The lowest BCUT2D eigenvalue weighted by molar-refractivity contribution is -0.141. The number of amides is 1. The molecule has 0 bridgehead atoms. The van der Waals surface area contributed by atoms with Crippen LogP contribution in [0.5, 0.6) is 0 Å². The van der Waals surface area contributed by atoms with Gasteiger partial charge >= 0.3 is 11.9 Å². The van der Waals surface area contributed by atoms with Gasteiger partial charge in [0.05, 0.1) is 12.9 Å². The summed E-state index contributed by atoms with van der Waals surface area (Å²) in [5, 5.41) is 4.47. The zero-order chi connectivity index (χ0) is 27.2. The Morgan fingerprint density at radius 1 is 1.22 bits per heavy atom. The fraction of sp³-hybridized carbons (Fsp3) is 0.318. The molecule has 4 heterocycles. The molecule has 1 atom stereocenters. The molecule has 4 aromatic heterocycles. The van der Waals surface area contributed by atoms with Gasteiger partial charge in [-0.05, 0) is 32.4 Å². The molecule has 0 spiro atoms. The van der Waals surface area contributed by atoms with Crippen LogP contribution >= 0.6 is 11.3 Å². The van der Waals surface area contributed by atoms with E-state index in [2.05, 4.69) is 20.3 Å². The normalized spacial score (nSPS) is 12.6. The maximum Gasteiger partial charge on any atom is 0.433 e. The molecule has 1 N–H and O–H groups in total. The lowest BCUT2D eigenvalue weighted by Gasteiger charge is -2.14. The monoisotopic (exact) mass is 535 g/mol. The van der Waals surface area contributed by atoms with Crippen LogP contribution in [0.25, 0.3) is 21.7 Å². The first-order valence-corrected chi connectivity index (χ1v) is 11.6. The van der Waals surface area contributed by atoms with Crippen molar-refractivity contribution in [1.82, 2.24) is 28.7 Å². The van der Waals surface area contributed by atoms with E-state index in [4.69, 9.17) is 0 Å². The number of ketones is 1. The van der Waals surface area contributed by atoms with Gasteiger partial charge in [-0.25, -0.2) is 14.8 Å². The van der Waals surface area contributed by atoms with Crippen molar-refractivity contribution in [2.24, 2.45) is 7.05 Å². The molecule has 4 rings (SSSR count). The Balaban J connectivity index is 1.61. The van der Waals surface area contributed by atoms with Crippen LogP contribution in [0.4, 0.5) is 19.0 Å². The highest BCUT2D eigenvalue weighted by molar-refractivity contribution is 7.13. The van der Waals surface area contributed by atoms with Crippen LogP contribution in [0.3, 0.4) is 0 Å². The minimum atomic E-state index is -4.57. The maximum absolute atomic E-state index is 13.0. The van der Waals surface area contributed by atoms with Crippen LogP contribution in [-0.4, -0.2) is 40.3 Å². The third-order valence-electron chi connectivity index (χ3n) is 5.58. The minimum Gasteiger partial charge on any atom is -0.312 e. The predicted octanol–water partition coefficient (Wildman–Crippen LogP) is 2.53. The van der Waals surface area contributed by atoms with E-state index >= 15 is 0 Å². The molecule has 0 aliphatic rings. The number of fused-ring (bicyclic) bond motifs is 1. The summed E-state index contributed by atoms with van der Waals surface area (Å²) in [6.45, 7) is 3.63. The van der Waals surface area contributed by atoms with Gasteiger partial charge in [-0.15, -0.1) is 11.3 Å². The molecule has 1 amide bonds. The van der Waals surface area contributed by atoms with E-state index in [1.807, 2.05) is 0 Å². The van der Waals surface area contributed by atoms with Gasteiger partial charge in [-0.1, -0.05) is 0 Å². The van der Waals surface area contributed by atoms with Crippen LogP contribution in [-0.2, 0) is 29.4 Å². The lowest BCUT2D eigenvalue weighted by atomic mass is 10.1. The van der Waals surface area contributed by atoms with E-state index in [1.165, 1.54) is 50.2 Å². The summed E-state index contributed by atoms with van der Waals surface area (Å²) in [6, 6.07) is 0.345. The molecule has 1 unspecified atom stereocenters. The van der Waals surface area contributed by atoms with Gasteiger partial charge in [0.15, 0.2) is 11.2 Å². The average molecular weight is 536 g/mol. The third-order valence-corrected chi connectivity index (χ3v) is 6.48. The minimum absolute atomic E-state index is 0.0312. The van der Waals surface area contributed by atoms with Crippen molar-refractivity contribution in [3.05, 3.63) is 56.1 Å². The van der Waals surface area contributed by atoms with Gasteiger partial charge in [0, 0.05) is 24.2 Å². The summed E-state index contributed by atoms with van der Waals surface area (Å²) in [5.74, 6) is -0.808. The molecule has 0 radical (unpaired) electrons. The van der Waals surface area contributed by atoms with Crippen LogP contribution < -0.4 is 16.6 Å². The first-order chi connectivity index (χ1) is 17.3. The van der Waals surface area contributed by atoms with Crippen molar-refractivity contribution in [3.63, 3.8) is 0 Å². The van der Waals surface area contributed by atoms with Crippen molar-refractivity contribution < 1.29 is 22.8 Å². The Morgan fingerprint density at radius 3 is 2.54 bits per heavy atom. The molecular weight excluding hydrogens is 515 g/mol. The number of thiazole rings is 1. The first kappa shape index (κ1) is 25.9. The Labute approximate surface area is 210 Å². The fourth-order valence-electron chi connectivity index (χ4n) is 3.75. The van der Waals surface area contributed by atoms with E-state index < -0.39 is 47.4 Å². The quantitative estimate of drug-likeness (QED) is 0.401. The van der Waals surface area contributed by atoms with Crippen molar-refractivity contribution in [1.29, 1.82) is 0 Å². The smallest absolute Gasteiger partial charge is 0.312 e. The number of hydrogen-bond donors (Lipinski definition) is 1. The van der Waals surface area contributed by atoms with E-state index in [0.29, 0.717) is 10.6 Å². The number of Topliss-reactive ketones (excluding diaryl/α,β-unsaturated/α-hetero) is 1. The second-order valence-electron chi connectivity index (χ2n) is 8.35. The molecule has 11 nitrogen and oxygen atoms in total. The average Bonchev–Trinajstić information content (AvgIpc) is 3.46. The molecule has 194 valence electrons. The lowest BCUT2D eigenvalue weighted by Crippen LogP contribution is -2.41. The topological polar surface area (TPSA) is 134 Å². The summed E-state index contributed by atoms with van der Waals surface area (Å²) in [5.41, 5.74) is -2.13. The number of nitrogens with zero attached hydrogens (tertiary/aromatic N) is 6. The molecular formula is C22H20F3N7O4S. The predicted molar refractivity (Wildman–Crippen MR) is 128 cm³/mol. The molecule has 0 aliphatic carbocycles. The summed E-state index contributed by atoms with van der Waals surface area (Å²) >= 11 is 1.10. The molecule has 0 aliphatic heterocycles. The molecule has 37 heavy (non-hydrogen) atoms. The number of nitrogens with one attached hydrogen (secondary N) is 1. The Morgan fingerprint density at radius 2 is 1.92 bits per heavy atom. The number of rotatable bonds is 6. The van der Waals surface area contributed by atoms with E-state index in [9.17, 15) is 32.3 Å². The molecule has 0 aromatic carbocycles. The number of carbonyl (C=O) groups is 2. The summed E-state index contributed by atoms with van der Waals surface area (Å²) in [4.78, 5) is 61.9. The van der Waals surface area contributed by atoms with Crippen LogP contribution in [0, 0.1) is 6.92 Å². The second kappa shape index (κ2) is 9.38. The van der Waals surface area contributed by atoms with Crippen molar-refractivity contribution in [2.75, 3.05) is 5.32 Å². The second-order valence-corrected chi connectivity index (χ2v) is 9.21. The SMILES string of the molecule is CC(=O)Cn1c(=O)c2c(ncn2C(C)C(=O)Nc2csc(-c3cnc(C(F)(F)F)c(C)c3)n2)n(C)c1=O. The largest absolute Gasteiger partial charge is 0.433 e. The van der Waals surface area contributed by atoms with Crippen molar-refractivity contribution >= 4 is 40.0 Å². The fourth-order valence-corrected chi connectivity index (χ4v) is 4.49. The number of alkyl halides is 3. The van der Waals surface area contributed by atoms with Crippen LogP contribution in [0.15, 0.2) is 33.6 Å². The third kappa shape index (κ3) is 4.81. The Hall–Kier alpha value is -4.14. The van der Waals surface area contributed by atoms with Gasteiger partial charge in [-0.2, -0.15) is 13.2 Å². The van der Waals surface area contributed by atoms with Crippen LogP contribution in [0.1, 0.15) is 31.1 Å². The van der Waals surface area contributed by atoms with Crippen LogP contribution in [0.2, 0.25) is 0 Å². The molecule has 0 saturated carbocycles. The number of anilines is 1. The zero-order valence-electron chi connectivity index (χ0n) is 20.0. The van der Waals surface area contributed by atoms with Gasteiger partial charge in [0.1, 0.15) is 28.3 Å². The number of aryl methyl sites for hydroxylation is 2. The molecule has 15 heteroatoms. The number of carbonyl (C=O) groups excluding carboxylic acids is 2. The Bertz CT molecular complexity index is 1670. The first-order valence-electron chi connectivity index (χ1n) is 10.8.